The van der Waals surface area contributed by atoms with E-state index in [1.807, 2.05) is 4.90 Å². The van der Waals surface area contributed by atoms with Gasteiger partial charge in [-0.2, -0.15) is 0 Å². The Bertz CT molecular complexity index is 902. The van der Waals surface area contributed by atoms with Crippen LogP contribution in [0.2, 0.25) is 15.1 Å². The zero-order valence-corrected chi connectivity index (χ0v) is 14.8. The fourth-order valence-corrected chi connectivity index (χ4v) is 4.28. The molecule has 122 valence electrons. The molecule has 0 unspecified atom stereocenters. The normalized spacial score (nSPS) is 16.4. The number of ketones is 2. The number of nitrogens with zero attached hydrogens (tertiary/aromatic N) is 1. The molecule has 1 aliphatic carbocycles. The Hall–Kier alpha value is -1.55. The lowest BCUT2D eigenvalue weighted by Gasteiger charge is -2.28. The first-order valence-electron chi connectivity index (χ1n) is 7.66. The van der Waals surface area contributed by atoms with Gasteiger partial charge in [0.15, 0.2) is 11.6 Å². The molecule has 0 N–H and O–H groups in total. The van der Waals surface area contributed by atoms with Crippen molar-refractivity contribution in [2.75, 3.05) is 18.0 Å². The summed E-state index contributed by atoms with van der Waals surface area (Å²) < 4.78 is 0. The Morgan fingerprint density at radius 2 is 1.29 bits per heavy atom. The van der Waals surface area contributed by atoms with Crippen molar-refractivity contribution < 1.29 is 9.59 Å². The van der Waals surface area contributed by atoms with Gasteiger partial charge in [0.1, 0.15) is 0 Å². The predicted molar refractivity (Wildman–Crippen MR) is 96.2 cm³/mol. The van der Waals surface area contributed by atoms with Gasteiger partial charge in [0.25, 0.3) is 0 Å². The highest BCUT2D eigenvalue weighted by Gasteiger charge is 2.38. The van der Waals surface area contributed by atoms with Crippen LogP contribution in [0, 0.1) is 0 Å². The van der Waals surface area contributed by atoms with E-state index in [4.69, 9.17) is 34.8 Å². The van der Waals surface area contributed by atoms with Crippen LogP contribution in [0.3, 0.4) is 0 Å². The van der Waals surface area contributed by atoms with Crippen LogP contribution in [0.25, 0.3) is 0 Å². The van der Waals surface area contributed by atoms with Gasteiger partial charge in [0, 0.05) is 24.2 Å². The van der Waals surface area contributed by atoms with Crippen LogP contribution >= 0.6 is 34.8 Å². The largest absolute Gasteiger partial charge is 0.370 e. The lowest BCUT2D eigenvalue weighted by atomic mass is 9.83. The lowest BCUT2D eigenvalue weighted by Crippen LogP contribution is -2.27. The average molecular weight is 381 g/mol. The molecule has 0 aromatic heterocycles. The highest BCUT2D eigenvalue weighted by molar-refractivity contribution is 6.52. The van der Waals surface area contributed by atoms with Gasteiger partial charge in [-0.3, -0.25) is 9.59 Å². The molecule has 0 radical (unpaired) electrons. The molecule has 2 aromatic rings. The molecular formula is C18H12Cl3NO2. The maximum absolute atomic E-state index is 13.1. The van der Waals surface area contributed by atoms with Crippen molar-refractivity contribution in [3.05, 3.63) is 61.6 Å². The fraction of sp³-hybridized carbons (Fsp3) is 0.222. The number of carbonyl (C=O) groups is 2. The van der Waals surface area contributed by atoms with E-state index in [2.05, 4.69) is 0 Å². The van der Waals surface area contributed by atoms with Crippen LogP contribution < -0.4 is 4.90 Å². The molecule has 1 fully saturated rings. The van der Waals surface area contributed by atoms with E-state index in [0.717, 1.165) is 25.9 Å². The highest BCUT2D eigenvalue weighted by Crippen LogP contribution is 2.47. The maximum atomic E-state index is 13.1. The first kappa shape index (κ1) is 15.9. The summed E-state index contributed by atoms with van der Waals surface area (Å²) in [7, 11) is 0. The molecule has 1 aliphatic heterocycles. The molecule has 6 heteroatoms. The number of benzene rings is 2. The maximum Gasteiger partial charge on any atom is 0.196 e. The van der Waals surface area contributed by atoms with E-state index in [1.54, 1.807) is 24.3 Å². The first-order valence-corrected chi connectivity index (χ1v) is 8.79. The number of carbonyl (C=O) groups excluding carboxylic acids is 2. The first-order chi connectivity index (χ1) is 11.5. The molecule has 4 rings (SSSR count). The van der Waals surface area contributed by atoms with Gasteiger partial charge in [0.2, 0.25) is 0 Å². The van der Waals surface area contributed by atoms with Gasteiger partial charge in [-0.1, -0.05) is 59.1 Å². The molecule has 0 spiro atoms. The monoisotopic (exact) mass is 379 g/mol. The van der Waals surface area contributed by atoms with Crippen molar-refractivity contribution in [2.24, 2.45) is 0 Å². The number of rotatable bonds is 1. The summed E-state index contributed by atoms with van der Waals surface area (Å²) in [6, 6.07) is 6.75. The fourth-order valence-electron chi connectivity index (χ4n) is 3.47. The Balaban J connectivity index is 2.08. The summed E-state index contributed by atoms with van der Waals surface area (Å²) in [6.07, 6.45) is 2.01. The van der Waals surface area contributed by atoms with E-state index >= 15 is 0 Å². The van der Waals surface area contributed by atoms with Crippen molar-refractivity contribution in [1.82, 2.24) is 0 Å². The summed E-state index contributed by atoms with van der Waals surface area (Å²) in [4.78, 5) is 28.1. The molecule has 24 heavy (non-hydrogen) atoms. The predicted octanol–water partition coefficient (Wildman–Crippen LogP) is 5.02. The minimum Gasteiger partial charge on any atom is -0.370 e. The van der Waals surface area contributed by atoms with E-state index in [1.165, 1.54) is 0 Å². The van der Waals surface area contributed by atoms with Crippen LogP contribution in [0.4, 0.5) is 5.69 Å². The van der Waals surface area contributed by atoms with Gasteiger partial charge in [-0.25, -0.2) is 0 Å². The summed E-state index contributed by atoms with van der Waals surface area (Å²) >= 11 is 19.0. The summed E-state index contributed by atoms with van der Waals surface area (Å²) in [6.45, 7) is 1.54. The summed E-state index contributed by atoms with van der Waals surface area (Å²) in [5, 5.41) is 0.412. The van der Waals surface area contributed by atoms with E-state index in [0.29, 0.717) is 16.8 Å². The topological polar surface area (TPSA) is 37.4 Å². The quantitative estimate of drug-likeness (QED) is 0.556. The van der Waals surface area contributed by atoms with Gasteiger partial charge in [0.05, 0.1) is 31.9 Å². The van der Waals surface area contributed by atoms with Crippen molar-refractivity contribution >= 4 is 52.1 Å². The average Bonchev–Trinajstić information content (AvgIpc) is 3.11. The van der Waals surface area contributed by atoms with Gasteiger partial charge < -0.3 is 4.90 Å². The molecular weight excluding hydrogens is 369 g/mol. The Labute approximate surface area is 154 Å². The van der Waals surface area contributed by atoms with Crippen molar-refractivity contribution in [1.29, 1.82) is 0 Å². The zero-order valence-electron chi connectivity index (χ0n) is 12.5. The molecule has 0 saturated carbocycles. The number of fused-ring (bicyclic) bond motifs is 2. The standard InChI is InChI=1S/C18H12Cl3NO2/c19-13-11-12(16(15(21)14(13)20)22-7-3-4-8-22)18(24)10-6-2-1-5-9(10)17(11)23/h1-2,5-6H,3-4,7-8H2. The van der Waals surface area contributed by atoms with Crippen LogP contribution in [-0.4, -0.2) is 24.7 Å². The number of hydrogen-bond acceptors (Lipinski definition) is 3. The SMILES string of the molecule is O=C1c2ccccc2C(=O)c2c1c(Cl)c(Cl)c(Cl)c2N1CCCC1. The van der Waals surface area contributed by atoms with E-state index in [-0.39, 0.29) is 37.8 Å². The highest BCUT2D eigenvalue weighted by atomic mass is 35.5. The molecule has 1 heterocycles. The van der Waals surface area contributed by atoms with Crippen molar-refractivity contribution in [3.63, 3.8) is 0 Å². The van der Waals surface area contributed by atoms with Crippen LogP contribution in [0.15, 0.2) is 24.3 Å². The Morgan fingerprint density at radius 1 is 0.750 bits per heavy atom. The Morgan fingerprint density at radius 3 is 1.88 bits per heavy atom. The molecule has 0 bridgehead atoms. The molecule has 0 atom stereocenters. The number of halogens is 3. The van der Waals surface area contributed by atoms with E-state index < -0.39 is 0 Å². The van der Waals surface area contributed by atoms with Crippen LogP contribution in [0.1, 0.15) is 44.7 Å². The third-order valence-electron chi connectivity index (χ3n) is 4.59. The number of hydrogen-bond donors (Lipinski definition) is 0. The van der Waals surface area contributed by atoms with E-state index in [9.17, 15) is 9.59 Å². The van der Waals surface area contributed by atoms with Gasteiger partial charge in [-0.05, 0) is 12.8 Å². The van der Waals surface area contributed by atoms with Crippen LogP contribution in [0.5, 0.6) is 0 Å². The minimum absolute atomic E-state index is 0.0486. The van der Waals surface area contributed by atoms with Gasteiger partial charge in [-0.15, -0.1) is 0 Å². The molecule has 2 aromatic carbocycles. The molecule has 1 saturated heterocycles. The van der Waals surface area contributed by atoms with Crippen LogP contribution in [-0.2, 0) is 0 Å². The molecule has 2 aliphatic rings. The molecule has 3 nitrogen and oxygen atoms in total. The van der Waals surface area contributed by atoms with Crippen molar-refractivity contribution in [2.45, 2.75) is 12.8 Å². The lowest BCUT2D eigenvalue weighted by molar-refractivity contribution is 0.0979. The third-order valence-corrected chi connectivity index (χ3v) is 5.91. The second-order valence-electron chi connectivity index (χ2n) is 5.94. The number of anilines is 1. The van der Waals surface area contributed by atoms with Gasteiger partial charge >= 0.3 is 0 Å². The zero-order chi connectivity index (χ0) is 17.0. The third kappa shape index (κ3) is 2.12. The molecule has 0 amide bonds. The second-order valence-corrected chi connectivity index (χ2v) is 7.07. The summed E-state index contributed by atoms with van der Waals surface area (Å²) in [5.41, 5.74) is 1.70. The summed E-state index contributed by atoms with van der Waals surface area (Å²) in [5.74, 6) is -0.521. The smallest absolute Gasteiger partial charge is 0.196 e. The van der Waals surface area contributed by atoms with Crippen molar-refractivity contribution in [3.8, 4) is 0 Å². The Kier molecular flexibility index (Phi) is 3.83. The minimum atomic E-state index is -0.288. The second kappa shape index (κ2) is 5.76.